The van der Waals surface area contributed by atoms with Crippen LogP contribution in [0.5, 0.6) is 5.88 Å². The Morgan fingerprint density at radius 2 is 1.93 bits per heavy atom. The van der Waals surface area contributed by atoms with E-state index in [1.165, 1.54) is 24.8 Å². The standard InChI is InChI=1S/C20H25ClN4O3/c21-16-12-14(6-9-17(16)25-10-2-1-3-11-25)13-4-7-15(8-5-13)28-19-18(20(26)27)22-24-23-19/h6,9,12-13,15H,1-5,7-8,10-11H2,(H,26,27)(H,22,23,24)/t13-,15-. The second kappa shape index (κ2) is 8.39. The Morgan fingerprint density at radius 3 is 2.61 bits per heavy atom. The third-order valence-electron chi connectivity index (χ3n) is 5.82. The molecule has 1 aliphatic heterocycles. The van der Waals surface area contributed by atoms with E-state index in [4.69, 9.17) is 21.4 Å². The van der Waals surface area contributed by atoms with Crippen LogP contribution in [0, 0.1) is 0 Å². The normalized spacial score (nSPS) is 22.8. The highest BCUT2D eigenvalue weighted by molar-refractivity contribution is 6.33. The van der Waals surface area contributed by atoms with E-state index in [2.05, 4.69) is 38.5 Å². The molecule has 4 rings (SSSR count). The van der Waals surface area contributed by atoms with Gasteiger partial charge in [-0.15, -0.1) is 0 Å². The first-order valence-corrected chi connectivity index (χ1v) is 10.3. The van der Waals surface area contributed by atoms with E-state index < -0.39 is 5.97 Å². The molecule has 8 heteroatoms. The molecule has 28 heavy (non-hydrogen) atoms. The smallest absolute Gasteiger partial charge is 0.359 e. The number of aromatic amines is 1. The van der Waals surface area contributed by atoms with Crippen LogP contribution in [0.2, 0.25) is 5.02 Å². The summed E-state index contributed by atoms with van der Waals surface area (Å²) < 4.78 is 5.78. The van der Waals surface area contributed by atoms with E-state index in [0.29, 0.717) is 5.92 Å². The average Bonchev–Trinajstić information content (AvgIpc) is 3.18. The van der Waals surface area contributed by atoms with Crippen LogP contribution < -0.4 is 9.64 Å². The second-order valence-electron chi connectivity index (χ2n) is 7.65. The van der Waals surface area contributed by atoms with Crippen LogP contribution in [0.4, 0.5) is 5.69 Å². The van der Waals surface area contributed by atoms with Crippen LogP contribution in [-0.4, -0.2) is 45.7 Å². The maximum atomic E-state index is 11.1. The van der Waals surface area contributed by atoms with Gasteiger partial charge in [0.2, 0.25) is 5.69 Å². The zero-order valence-electron chi connectivity index (χ0n) is 15.7. The molecule has 1 aliphatic carbocycles. The molecule has 150 valence electrons. The Bertz CT molecular complexity index is 827. The molecule has 2 aromatic rings. The number of nitrogens with one attached hydrogen (secondary N) is 1. The number of carboxylic acid groups (broad SMARTS) is 1. The molecule has 1 saturated carbocycles. The van der Waals surface area contributed by atoms with Crippen LogP contribution in [0.3, 0.4) is 0 Å². The van der Waals surface area contributed by atoms with Gasteiger partial charge in [-0.05, 0) is 68.6 Å². The number of aromatic nitrogens is 3. The lowest BCUT2D eigenvalue weighted by Crippen LogP contribution is -2.29. The minimum atomic E-state index is -1.11. The van der Waals surface area contributed by atoms with Crippen molar-refractivity contribution in [3.8, 4) is 5.88 Å². The fraction of sp³-hybridized carbons (Fsp3) is 0.550. The fourth-order valence-electron chi connectivity index (χ4n) is 4.28. The molecular weight excluding hydrogens is 380 g/mol. The van der Waals surface area contributed by atoms with Crippen molar-refractivity contribution >= 4 is 23.3 Å². The van der Waals surface area contributed by atoms with E-state index in [0.717, 1.165) is 49.5 Å². The van der Waals surface area contributed by atoms with Gasteiger partial charge >= 0.3 is 5.97 Å². The molecule has 2 heterocycles. The number of rotatable bonds is 5. The number of aromatic carboxylic acids is 1. The molecule has 0 amide bonds. The van der Waals surface area contributed by atoms with E-state index in [9.17, 15) is 4.79 Å². The minimum absolute atomic E-state index is 0.0393. The summed E-state index contributed by atoms with van der Waals surface area (Å²) in [6.07, 6.45) is 7.38. The highest BCUT2D eigenvalue weighted by atomic mass is 35.5. The number of benzene rings is 1. The lowest BCUT2D eigenvalue weighted by Gasteiger charge is -2.31. The third-order valence-corrected chi connectivity index (χ3v) is 6.13. The maximum Gasteiger partial charge on any atom is 0.359 e. The largest absolute Gasteiger partial charge is 0.476 e. The first kappa shape index (κ1) is 19.1. The Morgan fingerprint density at radius 1 is 1.18 bits per heavy atom. The lowest BCUT2D eigenvalue weighted by atomic mass is 9.82. The topological polar surface area (TPSA) is 91.3 Å². The zero-order valence-corrected chi connectivity index (χ0v) is 16.5. The number of piperidine rings is 1. The van der Waals surface area contributed by atoms with Crippen molar-refractivity contribution < 1.29 is 14.6 Å². The first-order valence-electron chi connectivity index (χ1n) is 9.97. The van der Waals surface area contributed by atoms with Gasteiger partial charge in [0, 0.05) is 13.1 Å². The van der Waals surface area contributed by atoms with E-state index >= 15 is 0 Å². The highest BCUT2D eigenvalue weighted by Gasteiger charge is 2.27. The lowest BCUT2D eigenvalue weighted by molar-refractivity contribution is 0.0678. The molecular formula is C20H25ClN4O3. The maximum absolute atomic E-state index is 11.1. The molecule has 1 aromatic heterocycles. The van der Waals surface area contributed by atoms with Gasteiger partial charge < -0.3 is 14.7 Å². The molecule has 0 spiro atoms. The van der Waals surface area contributed by atoms with Gasteiger partial charge in [0.05, 0.1) is 10.7 Å². The average molecular weight is 405 g/mol. The van der Waals surface area contributed by atoms with E-state index in [1.807, 2.05) is 0 Å². The van der Waals surface area contributed by atoms with E-state index in [1.54, 1.807) is 0 Å². The third kappa shape index (κ3) is 4.09. The minimum Gasteiger partial charge on any atom is -0.476 e. The molecule has 0 bridgehead atoms. The van der Waals surface area contributed by atoms with Crippen molar-refractivity contribution in [3.05, 3.63) is 34.5 Å². The fourth-order valence-corrected chi connectivity index (χ4v) is 4.59. The number of carboxylic acids is 1. The van der Waals surface area contributed by atoms with Crippen molar-refractivity contribution in [2.45, 2.75) is 57.0 Å². The highest BCUT2D eigenvalue weighted by Crippen LogP contribution is 2.38. The van der Waals surface area contributed by atoms with Gasteiger partial charge in [0.1, 0.15) is 6.10 Å². The summed E-state index contributed by atoms with van der Waals surface area (Å²) in [5.41, 5.74) is 2.33. The van der Waals surface area contributed by atoms with Crippen LogP contribution in [0.25, 0.3) is 0 Å². The number of carbonyl (C=O) groups is 1. The van der Waals surface area contributed by atoms with Gasteiger partial charge in [-0.1, -0.05) is 28.0 Å². The summed E-state index contributed by atoms with van der Waals surface area (Å²) >= 11 is 6.61. The number of halogens is 1. The molecule has 7 nitrogen and oxygen atoms in total. The molecule has 0 unspecified atom stereocenters. The zero-order chi connectivity index (χ0) is 19.5. The van der Waals surface area contributed by atoms with Gasteiger partial charge in [0.25, 0.3) is 5.88 Å². The molecule has 2 N–H and O–H groups in total. The summed E-state index contributed by atoms with van der Waals surface area (Å²) in [7, 11) is 0. The van der Waals surface area contributed by atoms with Gasteiger partial charge in [-0.2, -0.15) is 0 Å². The first-order chi connectivity index (χ1) is 13.6. The number of hydrogen-bond donors (Lipinski definition) is 2. The Hall–Kier alpha value is -2.28. The SMILES string of the molecule is O=C(O)c1[nH]nnc1O[C@H]1CC[C@H](c2ccc(N3CCCCC3)c(Cl)c2)CC1. The predicted molar refractivity (Wildman–Crippen MR) is 106 cm³/mol. The number of nitrogens with zero attached hydrogens (tertiary/aromatic N) is 3. The summed E-state index contributed by atoms with van der Waals surface area (Å²) in [4.78, 5) is 13.5. The number of ether oxygens (including phenoxy) is 1. The van der Waals surface area contributed by atoms with Gasteiger partial charge in [-0.3, -0.25) is 0 Å². The van der Waals surface area contributed by atoms with Crippen molar-refractivity contribution in [2.75, 3.05) is 18.0 Å². The summed E-state index contributed by atoms with van der Waals surface area (Å²) in [5.74, 6) is -0.592. The van der Waals surface area contributed by atoms with Gasteiger partial charge in [0.15, 0.2) is 0 Å². The van der Waals surface area contributed by atoms with Crippen molar-refractivity contribution in [1.29, 1.82) is 0 Å². The molecule has 2 fully saturated rings. The Labute approximate surface area is 169 Å². The molecule has 1 saturated heterocycles. The molecule has 2 aliphatic rings. The van der Waals surface area contributed by atoms with Crippen molar-refractivity contribution in [1.82, 2.24) is 15.4 Å². The van der Waals surface area contributed by atoms with Crippen LogP contribution in [-0.2, 0) is 0 Å². The Kier molecular flexibility index (Phi) is 5.71. The quantitative estimate of drug-likeness (QED) is 0.773. The summed E-state index contributed by atoms with van der Waals surface area (Å²) in [5, 5.41) is 19.6. The second-order valence-corrected chi connectivity index (χ2v) is 8.05. The summed E-state index contributed by atoms with van der Waals surface area (Å²) in [6, 6.07) is 6.50. The number of anilines is 1. The van der Waals surface area contributed by atoms with Crippen LogP contribution in [0.1, 0.15) is 66.9 Å². The number of hydrogen-bond acceptors (Lipinski definition) is 5. The van der Waals surface area contributed by atoms with Crippen molar-refractivity contribution in [3.63, 3.8) is 0 Å². The molecule has 0 atom stereocenters. The predicted octanol–water partition coefficient (Wildman–Crippen LogP) is 4.25. The van der Waals surface area contributed by atoms with E-state index in [-0.39, 0.29) is 17.7 Å². The summed E-state index contributed by atoms with van der Waals surface area (Å²) in [6.45, 7) is 2.17. The van der Waals surface area contributed by atoms with Gasteiger partial charge in [-0.25, -0.2) is 9.89 Å². The number of H-pyrrole nitrogens is 1. The van der Waals surface area contributed by atoms with Crippen LogP contribution in [0.15, 0.2) is 18.2 Å². The van der Waals surface area contributed by atoms with Crippen molar-refractivity contribution in [2.24, 2.45) is 0 Å². The molecule has 1 aromatic carbocycles. The monoisotopic (exact) mass is 404 g/mol. The Balaban J connectivity index is 1.36. The van der Waals surface area contributed by atoms with Crippen LogP contribution >= 0.6 is 11.6 Å². The molecule has 0 radical (unpaired) electrons.